The number of aliphatic carboxylic acids is 1. The van der Waals surface area contributed by atoms with E-state index in [2.05, 4.69) is 5.32 Å². The van der Waals surface area contributed by atoms with Crippen molar-refractivity contribution in [2.24, 2.45) is 5.41 Å². The molecule has 0 atom stereocenters. The number of amides is 1. The summed E-state index contributed by atoms with van der Waals surface area (Å²) in [5.41, 5.74) is -1.45. The van der Waals surface area contributed by atoms with Crippen LogP contribution >= 0.6 is 34.8 Å². The minimum Gasteiger partial charge on any atom is -0.480 e. The number of hydrogen-bond acceptors (Lipinski definition) is 2. The lowest BCUT2D eigenvalue weighted by Gasteiger charge is -2.19. The number of anilines is 1. The van der Waals surface area contributed by atoms with Crippen molar-refractivity contribution in [1.29, 1.82) is 0 Å². The predicted octanol–water partition coefficient (Wildman–Crippen LogP) is 3.70. The van der Waals surface area contributed by atoms with E-state index in [1.807, 2.05) is 0 Å². The molecule has 18 heavy (non-hydrogen) atoms. The quantitative estimate of drug-likeness (QED) is 0.837. The Morgan fingerprint density at radius 2 is 1.61 bits per heavy atom. The van der Waals surface area contributed by atoms with Gasteiger partial charge in [0, 0.05) is 5.02 Å². The van der Waals surface area contributed by atoms with Crippen molar-refractivity contribution in [3.05, 3.63) is 27.2 Å². The zero-order valence-electron chi connectivity index (χ0n) is 9.55. The number of nitrogens with one attached hydrogen (secondary N) is 1. The van der Waals surface area contributed by atoms with Crippen LogP contribution in [0.2, 0.25) is 15.1 Å². The van der Waals surface area contributed by atoms with Gasteiger partial charge < -0.3 is 10.4 Å². The van der Waals surface area contributed by atoms with Crippen molar-refractivity contribution in [3.63, 3.8) is 0 Å². The van der Waals surface area contributed by atoms with Gasteiger partial charge in [0.1, 0.15) is 5.41 Å². The second-order valence-electron chi connectivity index (χ2n) is 4.13. The Labute approximate surface area is 119 Å². The van der Waals surface area contributed by atoms with E-state index >= 15 is 0 Å². The summed E-state index contributed by atoms with van der Waals surface area (Å²) in [5, 5.41) is 11.9. The third-order valence-corrected chi connectivity index (χ3v) is 3.16. The number of carbonyl (C=O) groups excluding carboxylic acids is 1. The van der Waals surface area contributed by atoms with Gasteiger partial charge in [0.15, 0.2) is 0 Å². The lowest BCUT2D eigenvalue weighted by atomic mass is 9.92. The summed E-state index contributed by atoms with van der Waals surface area (Å²) in [6.07, 6.45) is 0. The van der Waals surface area contributed by atoms with E-state index in [1.165, 1.54) is 26.0 Å². The lowest BCUT2D eigenvalue weighted by molar-refractivity contribution is -0.151. The second kappa shape index (κ2) is 5.34. The van der Waals surface area contributed by atoms with Crippen molar-refractivity contribution in [2.45, 2.75) is 13.8 Å². The molecule has 0 saturated carbocycles. The molecule has 0 aromatic heterocycles. The Balaban J connectivity index is 3.07. The standard InChI is InChI=1S/C11H10Cl3NO3/c1-11(2,10(17)18)9(16)15-8-6(13)3-5(12)4-7(8)14/h3-4H,1-2H3,(H,15,16)(H,17,18). The summed E-state index contributed by atoms with van der Waals surface area (Å²) in [4.78, 5) is 22.8. The van der Waals surface area contributed by atoms with Crippen molar-refractivity contribution >= 4 is 52.4 Å². The molecular formula is C11H10Cl3NO3. The summed E-state index contributed by atoms with van der Waals surface area (Å²) in [6.45, 7) is 2.56. The van der Waals surface area contributed by atoms with Crippen LogP contribution in [0.4, 0.5) is 5.69 Å². The number of hydrogen-bond donors (Lipinski definition) is 2. The fourth-order valence-electron chi connectivity index (χ4n) is 1.03. The first-order chi connectivity index (χ1) is 8.16. The van der Waals surface area contributed by atoms with Crippen LogP contribution in [-0.4, -0.2) is 17.0 Å². The molecule has 1 aromatic carbocycles. The number of benzene rings is 1. The first-order valence-electron chi connectivity index (χ1n) is 4.85. The zero-order chi connectivity index (χ0) is 14.1. The predicted molar refractivity (Wildman–Crippen MR) is 71.5 cm³/mol. The van der Waals surface area contributed by atoms with E-state index in [0.29, 0.717) is 5.02 Å². The van der Waals surface area contributed by atoms with E-state index in [0.717, 1.165) is 0 Å². The molecule has 7 heteroatoms. The maximum atomic E-state index is 11.8. The minimum absolute atomic E-state index is 0.141. The van der Waals surface area contributed by atoms with Crippen LogP contribution in [0.1, 0.15) is 13.8 Å². The first-order valence-corrected chi connectivity index (χ1v) is 5.99. The van der Waals surface area contributed by atoms with Gasteiger partial charge in [0.25, 0.3) is 0 Å². The van der Waals surface area contributed by atoms with Crippen LogP contribution in [0.3, 0.4) is 0 Å². The number of carbonyl (C=O) groups is 2. The summed E-state index contributed by atoms with van der Waals surface area (Å²) in [7, 11) is 0. The number of rotatable bonds is 3. The Morgan fingerprint density at radius 1 is 1.17 bits per heavy atom. The highest BCUT2D eigenvalue weighted by atomic mass is 35.5. The van der Waals surface area contributed by atoms with Crippen molar-refractivity contribution in [3.8, 4) is 0 Å². The number of carboxylic acids is 1. The van der Waals surface area contributed by atoms with E-state index in [-0.39, 0.29) is 15.7 Å². The molecule has 1 rings (SSSR count). The molecule has 0 spiro atoms. The van der Waals surface area contributed by atoms with Gasteiger partial charge in [-0.1, -0.05) is 34.8 Å². The molecule has 4 nitrogen and oxygen atoms in total. The normalized spacial score (nSPS) is 11.2. The third kappa shape index (κ3) is 3.07. The molecule has 0 heterocycles. The smallest absolute Gasteiger partial charge is 0.318 e. The molecule has 0 aliphatic carbocycles. The molecule has 1 aromatic rings. The molecule has 2 N–H and O–H groups in total. The summed E-state index contributed by atoms with van der Waals surface area (Å²) in [5.74, 6) is -1.97. The van der Waals surface area contributed by atoms with Crippen LogP contribution in [0.25, 0.3) is 0 Å². The molecular weight excluding hydrogens is 300 g/mol. The van der Waals surface area contributed by atoms with E-state index in [1.54, 1.807) is 0 Å². The average molecular weight is 311 g/mol. The topological polar surface area (TPSA) is 66.4 Å². The summed E-state index contributed by atoms with van der Waals surface area (Å²) < 4.78 is 0. The van der Waals surface area contributed by atoms with Gasteiger partial charge in [0.05, 0.1) is 15.7 Å². The van der Waals surface area contributed by atoms with E-state index in [4.69, 9.17) is 39.9 Å². The van der Waals surface area contributed by atoms with Gasteiger partial charge >= 0.3 is 5.97 Å². The number of halogens is 3. The Hall–Kier alpha value is -0.970. The molecule has 0 fully saturated rings. The molecule has 0 aliphatic rings. The second-order valence-corrected chi connectivity index (χ2v) is 5.38. The average Bonchev–Trinajstić information content (AvgIpc) is 2.22. The van der Waals surface area contributed by atoms with Crippen molar-refractivity contribution < 1.29 is 14.7 Å². The van der Waals surface area contributed by atoms with Crippen LogP contribution in [-0.2, 0) is 9.59 Å². The highest BCUT2D eigenvalue weighted by Crippen LogP contribution is 2.34. The molecule has 0 saturated heterocycles. The van der Waals surface area contributed by atoms with Gasteiger partial charge in [-0.25, -0.2) is 0 Å². The summed E-state index contributed by atoms with van der Waals surface area (Å²) in [6, 6.07) is 2.80. The van der Waals surface area contributed by atoms with Gasteiger partial charge in [-0.15, -0.1) is 0 Å². The maximum absolute atomic E-state index is 11.8. The van der Waals surface area contributed by atoms with Crippen LogP contribution in [0.15, 0.2) is 12.1 Å². The SMILES string of the molecule is CC(C)(C(=O)O)C(=O)Nc1c(Cl)cc(Cl)cc1Cl. The van der Waals surface area contributed by atoms with Crippen LogP contribution < -0.4 is 5.32 Å². The molecule has 0 bridgehead atoms. The highest BCUT2D eigenvalue weighted by molar-refractivity contribution is 6.42. The highest BCUT2D eigenvalue weighted by Gasteiger charge is 2.36. The molecule has 0 aliphatic heterocycles. The molecule has 98 valence electrons. The first kappa shape index (κ1) is 15.1. The summed E-state index contributed by atoms with van der Waals surface area (Å²) >= 11 is 17.5. The Morgan fingerprint density at radius 3 is 2.00 bits per heavy atom. The molecule has 0 radical (unpaired) electrons. The zero-order valence-corrected chi connectivity index (χ0v) is 11.8. The van der Waals surface area contributed by atoms with Crippen molar-refractivity contribution in [2.75, 3.05) is 5.32 Å². The Bertz CT molecular complexity index is 491. The largest absolute Gasteiger partial charge is 0.480 e. The van der Waals surface area contributed by atoms with Gasteiger partial charge in [-0.3, -0.25) is 9.59 Å². The molecule has 1 amide bonds. The maximum Gasteiger partial charge on any atom is 0.318 e. The Kier molecular flexibility index (Phi) is 4.48. The minimum atomic E-state index is -1.59. The van der Waals surface area contributed by atoms with Gasteiger partial charge in [0.2, 0.25) is 5.91 Å². The number of carboxylic acid groups (broad SMARTS) is 1. The van der Waals surface area contributed by atoms with Gasteiger partial charge in [-0.05, 0) is 26.0 Å². The van der Waals surface area contributed by atoms with E-state index < -0.39 is 17.3 Å². The molecule has 0 unspecified atom stereocenters. The lowest BCUT2D eigenvalue weighted by Crippen LogP contribution is -2.37. The van der Waals surface area contributed by atoms with Crippen molar-refractivity contribution in [1.82, 2.24) is 0 Å². The van der Waals surface area contributed by atoms with Crippen LogP contribution in [0.5, 0.6) is 0 Å². The van der Waals surface area contributed by atoms with E-state index in [9.17, 15) is 9.59 Å². The van der Waals surface area contributed by atoms with Gasteiger partial charge in [-0.2, -0.15) is 0 Å². The monoisotopic (exact) mass is 309 g/mol. The fraction of sp³-hybridized carbons (Fsp3) is 0.273. The third-order valence-electron chi connectivity index (χ3n) is 2.35. The fourth-order valence-corrected chi connectivity index (χ4v) is 1.94. The van der Waals surface area contributed by atoms with Crippen LogP contribution in [0, 0.1) is 5.41 Å².